The lowest BCUT2D eigenvalue weighted by molar-refractivity contribution is -0.190. The minimum absolute atomic E-state index is 0.0500. The maximum absolute atomic E-state index is 12.9. The summed E-state index contributed by atoms with van der Waals surface area (Å²) in [6.45, 7) is 7.17. The summed E-state index contributed by atoms with van der Waals surface area (Å²) in [5.41, 5.74) is 4.56. The van der Waals surface area contributed by atoms with E-state index in [1.165, 1.54) is 11.0 Å². The number of halogens is 2. The smallest absolute Gasteiger partial charge is 0.350 e. The highest BCUT2D eigenvalue weighted by Crippen LogP contribution is 2.40. The van der Waals surface area contributed by atoms with Crippen molar-refractivity contribution in [2.24, 2.45) is 0 Å². The third kappa shape index (κ3) is 6.53. The van der Waals surface area contributed by atoms with Crippen LogP contribution >= 0.6 is 23.2 Å². The minimum Gasteiger partial charge on any atom is -0.491 e. The van der Waals surface area contributed by atoms with Crippen molar-refractivity contribution in [3.05, 3.63) is 111 Å². The summed E-state index contributed by atoms with van der Waals surface area (Å²) in [5, 5.41) is 13.1. The molecule has 0 radical (unpaired) electrons. The van der Waals surface area contributed by atoms with Crippen LogP contribution in [0.4, 0.5) is 11.4 Å². The Hall–Kier alpha value is -4.36. The minimum atomic E-state index is -1.17. The van der Waals surface area contributed by atoms with Crippen LogP contribution < -0.4 is 20.6 Å². The molecule has 12 nitrogen and oxygen atoms in total. The molecule has 0 aliphatic carbocycles. The first-order valence-electron chi connectivity index (χ1n) is 15.9. The van der Waals surface area contributed by atoms with Gasteiger partial charge >= 0.3 is 5.69 Å². The normalized spacial score (nSPS) is 19.8. The third-order valence-corrected chi connectivity index (χ3v) is 9.36. The van der Waals surface area contributed by atoms with E-state index < -0.39 is 5.79 Å². The number of anilines is 2. The maximum atomic E-state index is 12.9. The second-order valence-corrected chi connectivity index (χ2v) is 12.8. The van der Waals surface area contributed by atoms with Gasteiger partial charge in [0.25, 0.3) is 0 Å². The van der Waals surface area contributed by atoms with Crippen LogP contribution in [0.1, 0.15) is 37.4 Å². The molecule has 3 aromatic carbocycles. The Bertz CT molecular complexity index is 1930. The summed E-state index contributed by atoms with van der Waals surface area (Å²) in [6, 6.07) is 19.4. The SMILES string of the molecule is CCC(C)n1ncn(-c2ccc(N3CCNc4cc(OC[C@H]5CO[C@](Cn6cncn6)(c6ccc(Cl)cc6Cl)O5)ccc4C3)cc2)c1=O. The Morgan fingerprint density at radius 1 is 1.06 bits per heavy atom. The molecule has 2 aliphatic heterocycles. The van der Waals surface area contributed by atoms with Crippen LogP contribution in [0.3, 0.4) is 0 Å². The van der Waals surface area contributed by atoms with E-state index in [1.54, 1.807) is 34.0 Å². The molecular weight excluding hydrogens is 655 g/mol. The number of fused-ring (bicyclic) bond motifs is 1. The average molecular weight is 692 g/mol. The molecule has 7 rings (SSSR count). The molecule has 250 valence electrons. The van der Waals surface area contributed by atoms with Crippen molar-refractivity contribution in [3.8, 4) is 11.4 Å². The van der Waals surface area contributed by atoms with Gasteiger partial charge in [-0.25, -0.2) is 23.7 Å². The molecule has 2 aromatic heterocycles. The Balaban J connectivity index is 1.01. The van der Waals surface area contributed by atoms with Gasteiger partial charge in [-0.2, -0.15) is 10.2 Å². The number of rotatable bonds is 10. The molecule has 0 bridgehead atoms. The molecular formula is C34H36Cl2N8O4. The number of ether oxygens (including phenoxy) is 3. The quantitative estimate of drug-likeness (QED) is 0.198. The zero-order valence-electron chi connectivity index (χ0n) is 26.6. The Morgan fingerprint density at radius 2 is 1.90 bits per heavy atom. The van der Waals surface area contributed by atoms with Crippen molar-refractivity contribution in [3.63, 3.8) is 0 Å². The molecule has 5 aromatic rings. The molecule has 1 saturated heterocycles. The van der Waals surface area contributed by atoms with Crippen molar-refractivity contribution in [2.45, 2.75) is 51.3 Å². The molecule has 0 amide bonds. The standard InChI is InChI=1S/C34H36Cl2N8O4/c1-3-23(2)44-33(45)43(22-40-44)27-8-6-26(7-9-27)41-13-12-38-32-15-28(10-4-24(32)16-41)46-17-29-18-47-34(48-29,19-42-21-37-20-39-42)30-11-5-25(35)14-31(30)36/h4-11,14-15,20-23,29,38H,3,12-13,16-19H2,1-2H3/t23?,29-,34-/m0/s1. The molecule has 1 N–H and O–H groups in total. The highest BCUT2D eigenvalue weighted by molar-refractivity contribution is 6.35. The molecule has 0 spiro atoms. The van der Waals surface area contributed by atoms with Crippen molar-refractivity contribution in [1.29, 1.82) is 0 Å². The highest BCUT2D eigenvalue weighted by atomic mass is 35.5. The Labute approximate surface area is 287 Å². The molecule has 1 unspecified atom stereocenters. The lowest BCUT2D eigenvalue weighted by Crippen LogP contribution is -2.35. The molecule has 14 heteroatoms. The van der Waals surface area contributed by atoms with E-state index >= 15 is 0 Å². The van der Waals surface area contributed by atoms with Crippen molar-refractivity contribution in [2.75, 3.05) is 36.5 Å². The molecule has 48 heavy (non-hydrogen) atoms. The molecule has 2 aliphatic rings. The first-order chi connectivity index (χ1) is 23.3. The van der Waals surface area contributed by atoms with Crippen LogP contribution in [-0.4, -0.2) is 61.5 Å². The lowest BCUT2D eigenvalue weighted by Gasteiger charge is -2.29. The summed E-state index contributed by atoms with van der Waals surface area (Å²) in [5.74, 6) is -0.448. The summed E-state index contributed by atoms with van der Waals surface area (Å²) in [7, 11) is 0. The average Bonchev–Trinajstić information content (AvgIpc) is 3.81. The molecule has 0 saturated carbocycles. The topological polar surface area (TPSA) is 113 Å². The zero-order valence-corrected chi connectivity index (χ0v) is 28.1. The van der Waals surface area contributed by atoms with Crippen LogP contribution in [0.2, 0.25) is 10.0 Å². The predicted molar refractivity (Wildman–Crippen MR) is 183 cm³/mol. The number of hydrogen-bond donors (Lipinski definition) is 1. The van der Waals surface area contributed by atoms with E-state index in [2.05, 4.69) is 43.6 Å². The van der Waals surface area contributed by atoms with Crippen molar-refractivity contribution < 1.29 is 14.2 Å². The van der Waals surface area contributed by atoms with Crippen LogP contribution in [0.25, 0.3) is 5.69 Å². The van der Waals surface area contributed by atoms with Gasteiger partial charge in [0.2, 0.25) is 5.79 Å². The molecule has 3 atom stereocenters. The lowest BCUT2D eigenvalue weighted by atomic mass is 10.1. The third-order valence-electron chi connectivity index (χ3n) is 8.81. The van der Waals surface area contributed by atoms with E-state index in [4.69, 9.17) is 37.4 Å². The van der Waals surface area contributed by atoms with Gasteiger partial charge in [-0.3, -0.25) is 0 Å². The van der Waals surface area contributed by atoms with Gasteiger partial charge in [0.05, 0.1) is 23.4 Å². The largest absolute Gasteiger partial charge is 0.491 e. The van der Waals surface area contributed by atoms with E-state index in [0.717, 1.165) is 54.4 Å². The van der Waals surface area contributed by atoms with Crippen LogP contribution in [0.15, 0.2) is 84.4 Å². The number of aromatic nitrogens is 6. The number of hydrogen-bond acceptors (Lipinski definition) is 9. The number of nitrogens with zero attached hydrogens (tertiary/aromatic N) is 7. The molecule has 1 fully saturated rings. The van der Waals surface area contributed by atoms with Gasteiger partial charge in [0.15, 0.2) is 0 Å². The van der Waals surface area contributed by atoms with E-state index in [1.807, 2.05) is 44.2 Å². The van der Waals surface area contributed by atoms with Gasteiger partial charge in [0, 0.05) is 47.7 Å². The fourth-order valence-electron chi connectivity index (χ4n) is 6.04. The monoisotopic (exact) mass is 690 g/mol. The second kappa shape index (κ2) is 13.6. The summed E-state index contributed by atoms with van der Waals surface area (Å²) < 4.78 is 23.8. The van der Waals surface area contributed by atoms with Crippen LogP contribution in [0, 0.1) is 0 Å². The van der Waals surface area contributed by atoms with E-state index in [0.29, 0.717) is 22.2 Å². The fraction of sp³-hybridized carbons (Fsp3) is 0.353. The Morgan fingerprint density at radius 3 is 2.67 bits per heavy atom. The predicted octanol–water partition coefficient (Wildman–Crippen LogP) is 5.68. The van der Waals surface area contributed by atoms with Gasteiger partial charge < -0.3 is 24.4 Å². The number of benzene rings is 3. The van der Waals surface area contributed by atoms with Gasteiger partial charge in [-0.1, -0.05) is 42.3 Å². The van der Waals surface area contributed by atoms with Crippen LogP contribution in [-0.2, 0) is 28.4 Å². The fourth-order valence-corrected chi connectivity index (χ4v) is 6.60. The second-order valence-electron chi connectivity index (χ2n) is 12.0. The van der Waals surface area contributed by atoms with Crippen molar-refractivity contribution in [1.82, 2.24) is 29.1 Å². The van der Waals surface area contributed by atoms with E-state index in [-0.39, 0.29) is 31.0 Å². The summed E-state index contributed by atoms with van der Waals surface area (Å²) in [4.78, 5) is 19.2. The number of nitrogens with one attached hydrogen (secondary N) is 1. The first-order valence-corrected chi connectivity index (χ1v) is 16.7. The van der Waals surface area contributed by atoms with Gasteiger partial charge in [0.1, 0.15) is 44.0 Å². The summed E-state index contributed by atoms with van der Waals surface area (Å²) in [6.07, 6.45) is 5.14. The van der Waals surface area contributed by atoms with Crippen molar-refractivity contribution >= 4 is 34.6 Å². The highest BCUT2D eigenvalue weighted by Gasteiger charge is 2.45. The maximum Gasteiger partial charge on any atom is 0.350 e. The first kappa shape index (κ1) is 32.2. The Kier molecular flexibility index (Phi) is 9.15. The van der Waals surface area contributed by atoms with E-state index in [9.17, 15) is 4.79 Å². The van der Waals surface area contributed by atoms with Crippen LogP contribution in [0.5, 0.6) is 5.75 Å². The zero-order chi connectivity index (χ0) is 33.3. The molecule has 4 heterocycles. The van der Waals surface area contributed by atoms with Gasteiger partial charge in [-0.15, -0.1) is 0 Å². The summed E-state index contributed by atoms with van der Waals surface area (Å²) >= 11 is 12.8. The van der Waals surface area contributed by atoms with Gasteiger partial charge in [-0.05, 0) is 61.4 Å².